The Morgan fingerprint density at radius 3 is 2.53 bits per heavy atom. The molecule has 3 rings (SSSR count). The van der Waals surface area contributed by atoms with Crippen molar-refractivity contribution in [2.45, 2.75) is 70.4 Å². The van der Waals surface area contributed by atoms with Gasteiger partial charge < -0.3 is 44.1 Å². The van der Waals surface area contributed by atoms with Crippen LogP contribution in [0, 0.1) is 6.92 Å². The fourth-order valence-electron chi connectivity index (χ4n) is 4.26. The number of phenols is 1. The molecule has 208 valence electrons. The second-order valence-corrected chi connectivity index (χ2v) is 8.98. The average Bonchev–Trinajstić information content (AvgIpc) is 3.29. The monoisotopic (exact) mass is 536 g/mol. The van der Waals surface area contributed by atoms with Crippen LogP contribution in [0.1, 0.15) is 46.8 Å². The summed E-state index contributed by atoms with van der Waals surface area (Å²) in [4.78, 5) is 36.5. The zero-order valence-corrected chi connectivity index (χ0v) is 21.3. The van der Waals surface area contributed by atoms with Crippen molar-refractivity contribution in [3.8, 4) is 11.5 Å². The van der Waals surface area contributed by atoms with Crippen LogP contribution >= 0.6 is 0 Å². The zero-order chi connectivity index (χ0) is 28.1. The lowest BCUT2D eigenvalue weighted by Gasteiger charge is -2.38. The van der Waals surface area contributed by atoms with Crippen molar-refractivity contribution in [1.29, 1.82) is 0 Å². The summed E-state index contributed by atoms with van der Waals surface area (Å²) >= 11 is 0. The van der Waals surface area contributed by atoms with Crippen LogP contribution < -0.4 is 4.74 Å². The number of carbonyl (C=O) groups excluding carboxylic acids is 3. The summed E-state index contributed by atoms with van der Waals surface area (Å²) in [5.41, 5.74) is 2.55. The van der Waals surface area contributed by atoms with E-state index in [0.717, 1.165) is 5.57 Å². The third kappa shape index (κ3) is 5.99. The van der Waals surface area contributed by atoms with E-state index in [9.17, 15) is 34.8 Å². The number of aliphatic hydroxyl groups is 3. The van der Waals surface area contributed by atoms with E-state index < -0.39 is 48.6 Å². The number of phenolic OH excluding ortho intramolecular Hbond substituents is 1. The molecule has 2 aliphatic rings. The molecule has 12 heteroatoms. The van der Waals surface area contributed by atoms with E-state index in [4.69, 9.17) is 23.7 Å². The average molecular weight is 537 g/mol. The van der Waals surface area contributed by atoms with Crippen LogP contribution in [-0.4, -0.2) is 82.8 Å². The van der Waals surface area contributed by atoms with E-state index in [0.29, 0.717) is 22.4 Å². The molecule has 0 amide bonds. The number of rotatable bonds is 10. The number of aromatic hydroxyl groups is 1. The fourth-order valence-corrected chi connectivity index (χ4v) is 4.26. The maximum absolute atomic E-state index is 12.4. The van der Waals surface area contributed by atoms with Gasteiger partial charge in [0.05, 0.1) is 7.11 Å². The zero-order valence-electron chi connectivity index (χ0n) is 21.3. The lowest BCUT2D eigenvalue weighted by atomic mass is 9.94. The van der Waals surface area contributed by atoms with Crippen LogP contribution in [0.5, 0.6) is 11.5 Å². The number of cyclic esters (lactones) is 1. The van der Waals surface area contributed by atoms with Gasteiger partial charge in [0, 0.05) is 17.5 Å². The molecule has 1 fully saturated rings. The van der Waals surface area contributed by atoms with Gasteiger partial charge in [0.15, 0.2) is 6.10 Å². The molecule has 12 nitrogen and oxygen atoms in total. The van der Waals surface area contributed by atoms with Crippen LogP contribution in [-0.2, 0) is 41.6 Å². The second kappa shape index (κ2) is 12.4. The lowest BCUT2D eigenvalue weighted by molar-refractivity contribution is -0.287. The van der Waals surface area contributed by atoms with E-state index in [-0.39, 0.29) is 43.8 Å². The quantitative estimate of drug-likeness (QED) is 0.187. The third-order valence-corrected chi connectivity index (χ3v) is 6.42. The van der Waals surface area contributed by atoms with Crippen molar-refractivity contribution in [2.24, 2.45) is 0 Å². The van der Waals surface area contributed by atoms with Crippen molar-refractivity contribution in [2.75, 3.05) is 13.7 Å². The van der Waals surface area contributed by atoms with Gasteiger partial charge in [-0.2, -0.15) is 0 Å². The molecule has 0 unspecified atom stereocenters. The molecule has 0 spiro atoms. The number of aliphatic hydroxyl groups excluding tert-OH is 3. The first-order chi connectivity index (χ1) is 18.0. The summed E-state index contributed by atoms with van der Waals surface area (Å²) in [5.74, 6) is -2.18. The Hall–Kier alpha value is -3.45. The van der Waals surface area contributed by atoms with E-state index in [1.54, 1.807) is 19.9 Å². The predicted molar refractivity (Wildman–Crippen MR) is 129 cm³/mol. The molecule has 4 N–H and O–H groups in total. The van der Waals surface area contributed by atoms with E-state index in [2.05, 4.69) is 6.58 Å². The van der Waals surface area contributed by atoms with Gasteiger partial charge in [0.25, 0.3) is 0 Å². The van der Waals surface area contributed by atoms with E-state index >= 15 is 0 Å². The van der Waals surface area contributed by atoms with Crippen LogP contribution in [0.15, 0.2) is 24.3 Å². The number of methoxy groups -OCH3 is 1. The molecule has 1 aromatic rings. The minimum absolute atomic E-state index is 0.0628. The van der Waals surface area contributed by atoms with Crippen LogP contribution in [0.4, 0.5) is 0 Å². The molecule has 5 atom stereocenters. The number of benzene rings is 1. The molecule has 0 aromatic heterocycles. The highest BCUT2D eigenvalue weighted by atomic mass is 16.7. The van der Waals surface area contributed by atoms with Crippen molar-refractivity contribution >= 4 is 17.9 Å². The highest BCUT2D eigenvalue weighted by Crippen LogP contribution is 2.42. The first-order valence-electron chi connectivity index (χ1n) is 11.9. The van der Waals surface area contributed by atoms with Gasteiger partial charge in [-0.3, -0.25) is 4.79 Å². The van der Waals surface area contributed by atoms with E-state index in [1.807, 2.05) is 0 Å². The summed E-state index contributed by atoms with van der Waals surface area (Å²) < 4.78 is 25.6. The molecular weight excluding hydrogens is 504 g/mol. The minimum atomic E-state index is -1.82. The van der Waals surface area contributed by atoms with Crippen LogP contribution in [0.3, 0.4) is 0 Å². The molecule has 1 aromatic carbocycles. The smallest absolute Gasteiger partial charge is 0.342 e. The molecule has 2 aliphatic heterocycles. The van der Waals surface area contributed by atoms with Gasteiger partial charge in [0.1, 0.15) is 48.6 Å². The van der Waals surface area contributed by atoms with Crippen molar-refractivity contribution in [1.82, 2.24) is 0 Å². The van der Waals surface area contributed by atoms with Gasteiger partial charge in [-0.15, -0.1) is 0 Å². The number of ether oxygens (including phenoxy) is 5. The molecule has 0 bridgehead atoms. The summed E-state index contributed by atoms with van der Waals surface area (Å²) in [6, 6.07) is 0. The SMILES string of the molecule is C=CCOC(=O)[C@H]1O[C@@H](OC(=O)CC/C(C)=C/Cc2c(O)c3c(c(C)c2OC)COC3=O)[C@H](O)[C@@H](O)[C@@H]1O. The summed E-state index contributed by atoms with van der Waals surface area (Å²) in [6.07, 6.45) is -5.44. The highest BCUT2D eigenvalue weighted by molar-refractivity contribution is 5.98. The molecule has 38 heavy (non-hydrogen) atoms. The Morgan fingerprint density at radius 2 is 1.87 bits per heavy atom. The number of hydrogen-bond donors (Lipinski definition) is 4. The Kier molecular flexibility index (Phi) is 9.50. The van der Waals surface area contributed by atoms with Crippen molar-refractivity contribution in [3.05, 3.63) is 46.6 Å². The molecule has 0 saturated carbocycles. The standard InChI is InChI=1S/C26H32O12/c1-5-10-35-25(33)23-20(30)19(29)21(31)26(38-23)37-16(27)9-7-12(2)6-8-14-18(28)17-15(11-36-24(17)32)13(3)22(14)34-4/h5-6,19-21,23,26,28-31H,1,7-11H2,2-4H3/b12-6+/t19-,20-,21+,23-,26+/m0/s1. The maximum atomic E-state index is 12.4. The predicted octanol–water partition coefficient (Wildman–Crippen LogP) is 0.729. The third-order valence-electron chi connectivity index (χ3n) is 6.42. The van der Waals surface area contributed by atoms with Gasteiger partial charge >= 0.3 is 17.9 Å². The largest absolute Gasteiger partial charge is 0.507 e. The number of fused-ring (bicyclic) bond motifs is 1. The Bertz CT molecular complexity index is 1120. The van der Waals surface area contributed by atoms with Crippen molar-refractivity contribution < 1.29 is 58.5 Å². The lowest BCUT2D eigenvalue weighted by Crippen LogP contribution is -2.60. The molecule has 2 heterocycles. The normalized spacial score (nSPS) is 24.8. The summed E-state index contributed by atoms with van der Waals surface area (Å²) in [5, 5.41) is 40.9. The summed E-state index contributed by atoms with van der Waals surface area (Å²) in [6.45, 7) is 6.82. The molecule has 0 radical (unpaired) electrons. The molecule has 0 aliphatic carbocycles. The number of carbonyl (C=O) groups is 3. The highest BCUT2D eigenvalue weighted by Gasteiger charge is 2.49. The van der Waals surface area contributed by atoms with Crippen molar-refractivity contribution in [3.63, 3.8) is 0 Å². The molecular formula is C26H32O12. The first kappa shape index (κ1) is 29.1. The Morgan fingerprint density at radius 1 is 1.16 bits per heavy atom. The number of hydrogen-bond acceptors (Lipinski definition) is 12. The van der Waals surface area contributed by atoms with E-state index in [1.165, 1.54) is 13.2 Å². The minimum Gasteiger partial charge on any atom is -0.507 e. The van der Waals surface area contributed by atoms with Gasteiger partial charge in [-0.1, -0.05) is 24.3 Å². The summed E-state index contributed by atoms with van der Waals surface area (Å²) in [7, 11) is 1.46. The molecule has 1 saturated heterocycles. The topological polar surface area (TPSA) is 178 Å². The van der Waals surface area contributed by atoms with Gasteiger partial charge in [0.2, 0.25) is 6.29 Å². The second-order valence-electron chi connectivity index (χ2n) is 8.98. The van der Waals surface area contributed by atoms with Gasteiger partial charge in [-0.25, -0.2) is 9.59 Å². The first-order valence-corrected chi connectivity index (χ1v) is 11.9. The maximum Gasteiger partial charge on any atom is 0.342 e. The van der Waals surface area contributed by atoms with Crippen LogP contribution in [0.2, 0.25) is 0 Å². The number of allylic oxidation sites excluding steroid dienone is 2. The number of esters is 3. The van der Waals surface area contributed by atoms with Gasteiger partial charge in [-0.05, 0) is 32.3 Å². The van der Waals surface area contributed by atoms with Crippen LogP contribution in [0.25, 0.3) is 0 Å². The Balaban J connectivity index is 1.62. The Labute approximate surface area is 219 Å². The fraction of sp³-hybridized carbons (Fsp3) is 0.500.